The average Bonchev–Trinajstić information content (AvgIpc) is 2.96. The van der Waals surface area contributed by atoms with Gasteiger partial charge < -0.3 is 4.90 Å². The van der Waals surface area contributed by atoms with E-state index in [9.17, 15) is 4.79 Å². The molecule has 1 saturated heterocycles. The fourth-order valence-corrected chi connectivity index (χ4v) is 2.86. The van der Waals surface area contributed by atoms with Crippen molar-refractivity contribution in [3.8, 4) is 0 Å². The van der Waals surface area contributed by atoms with Gasteiger partial charge in [0.25, 0.3) is 0 Å². The van der Waals surface area contributed by atoms with E-state index in [1.54, 1.807) is 12.1 Å². The van der Waals surface area contributed by atoms with E-state index in [1.165, 1.54) is 19.4 Å². The van der Waals surface area contributed by atoms with E-state index < -0.39 is 0 Å². The maximum atomic E-state index is 11.3. The Morgan fingerprint density at radius 3 is 3.28 bits per heavy atom. The number of aromatic amines is 1. The summed E-state index contributed by atoms with van der Waals surface area (Å²) in [7, 11) is 0. The summed E-state index contributed by atoms with van der Waals surface area (Å²) in [5.41, 5.74) is 0.791. The molecule has 0 aliphatic carbocycles. The number of hydrogen-bond acceptors (Lipinski definition) is 3. The first-order valence-corrected chi connectivity index (χ1v) is 6.57. The van der Waals surface area contributed by atoms with Crippen molar-refractivity contribution in [2.45, 2.75) is 32.2 Å². The molecule has 3 rings (SSSR count). The van der Waals surface area contributed by atoms with Gasteiger partial charge >= 0.3 is 0 Å². The van der Waals surface area contributed by atoms with Crippen LogP contribution in [-0.2, 0) is 6.42 Å². The molecule has 1 N–H and O–H groups in total. The Kier molecular flexibility index (Phi) is 2.91. The smallest absolute Gasteiger partial charge is 0.183 e. The van der Waals surface area contributed by atoms with Gasteiger partial charge in [0.05, 0.1) is 0 Å². The Labute approximate surface area is 105 Å². The van der Waals surface area contributed by atoms with Crippen molar-refractivity contribution >= 4 is 5.65 Å². The van der Waals surface area contributed by atoms with Crippen LogP contribution in [0.5, 0.6) is 0 Å². The number of likely N-dealkylation sites (N-methyl/N-ethyl adjacent to an activating group) is 1. The van der Waals surface area contributed by atoms with Crippen molar-refractivity contribution in [2.24, 2.45) is 0 Å². The molecule has 2 aromatic heterocycles. The zero-order chi connectivity index (χ0) is 12.5. The predicted molar refractivity (Wildman–Crippen MR) is 69.8 cm³/mol. The van der Waals surface area contributed by atoms with Gasteiger partial charge in [0.1, 0.15) is 11.5 Å². The summed E-state index contributed by atoms with van der Waals surface area (Å²) in [6.45, 7) is 4.50. The molecule has 1 fully saturated rings. The molecule has 18 heavy (non-hydrogen) atoms. The number of pyridine rings is 1. The van der Waals surface area contributed by atoms with Crippen LogP contribution in [0, 0.1) is 0 Å². The normalized spacial score (nSPS) is 20.8. The van der Waals surface area contributed by atoms with Crippen LogP contribution in [0.1, 0.15) is 25.6 Å². The first kappa shape index (κ1) is 11.5. The van der Waals surface area contributed by atoms with E-state index in [4.69, 9.17) is 0 Å². The molecule has 5 nitrogen and oxygen atoms in total. The number of likely N-dealkylation sites (tertiary alicyclic amines) is 1. The summed E-state index contributed by atoms with van der Waals surface area (Å²) in [6, 6.07) is 3.75. The molecule has 5 heteroatoms. The molecule has 0 radical (unpaired) electrons. The summed E-state index contributed by atoms with van der Waals surface area (Å²) in [6.07, 6.45) is 5.26. The third-order valence-corrected chi connectivity index (χ3v) is 3.83. The van der Waals surface area contributed by atoms with Crippen LogP contribution in [0.25, 0.3) is 5.65 Å². The molecule has 1 aliphatic heterocycles. The second kappa shape index (κ2) is 4.57. The number of aromatic nitrogens is 3. The van der Waals surface area contributed by atoms with Crippen LogP contribution in [0.3, 0.4) is 0 Å². The highest BCUT2D eigenvalue weighted by Crippen LogP contribution is 2.20. The fraction of sp³-hybridized carbons (Fsp3) is 0.538. The van der Waals surface area contributed by atoms with Gasteiger partial charge in [0.2, 0.25) is 0 Å². The Morgan fingerprint density at radius 2 is 2.44 bits per heavy atom. The van der Waals surface area contributed by atoms with Crippen molar-refractivity contribution in [2.75, 3.05) is 13.1 Å². The molecule has 3 heterocycles. The number of H-pyrrole nitrogens is 1. The van der Waals surface area contributed by atoms with E-state index in [2.05, 4.69) is 22.0 Å². The maximum absolute atomic E-state index is 11.3. The van der Waals surface area contributed by atoms with Gasteiger partial charge in [-0.25, -0.2) is 0 Å². The molecule has 1 atom stereocenters. The van der Waals surface area contributed by atoms with E-state index >= 15 is 0 Å². The minimum absolute atomic E-state index is 0.0150. The lowest BCUT2D eigenvalue weighted by Crippen LogP contribution is -2.31. The highest BCUT2D eigenvalue weighted by molar-refractivity contribution is 5.37. The topological polar surface area (TPSA) is 53.4 Å². The highest BCUT2D eigenvalue weighted by Gasteiger charge is 2.24. The first-order valence-electron chi connectivity index (χ1n) is 6.57. The second-order valence-electron chi connectivity index (χ2n) is 4.89. The largest absolute Gasteiger partial charge is 0.300 e. The third kappa shape index (κ3) is 1.95. The summed E-state index contributed by atoms with van der Waals surface area (Å²) in [5, 5.41) is 7.27. The Hall–Kier alpha value is -1.62. The van der Waals surface area contributed by atoms with E-state index in [0.29, 0.717) is 6.04 Å². The minimum Gasteiger partial charge on any atom is -0.300 e. The maximum Gasteiger partial charge on any atom is 0.183 e. The molecule has 0 bridgehead atoms. The fourth-order valence-electron chi connectivity index (χ4n) is 2.86. The van der Waals surface area contributed by atoms with Crippen molar-refractivity contribution in [1.29, 1.82) is 0 Å². The molecule has 0 aromatic carbocycles. The average molecular weight is 246 g/mol. The van der Waals surface area contributed by atoms with Crippen LogP contribution in [0.4, 0.5) is 0 Å². The highest BCUT2D eigenvalue weighted by atomic mass is 16.1. The summed E-state index contributed by atoms with van der Waals surface area (Å²) < 4.78 is 1.98. The second-order valence-corrected chi connectivity index (χ2v) is 4.89. The van der Waals surface area contributed by atoms with Gasteiger partial charge in [-0.3, -0.25) is 14.3 Å². The van der Waals surface area contributed by atoms with Crippen LogP contribution in [0.15, 0.2) is 23.1 Å². The molecule has 1 unspecified atom stereocenters. The van der Waals surface area contributed by atoms with Gasteiger partial charge in [0.15, 0.2) is 5.43 Å². The SMILES string of the molecule is CCN1CCCC1Cc1n[nH]c2cc(=O)ccn12. The molecule has 1 aliphatic rings. The number of nitrogens with zero attached hydrogens (tertiary/aromatic N) is 3. The molecular formula is C13H18N4O. The van der Waals surface area contributed by atoms with Crippen LogP contribution in [-0.4, -0.2) is 38.6 Å². The third-order valence-electron chi connectivity index (χ3n) is 3.83. The molecule has 0 amide bonds. The van der Waals surface area contributed by atoms with Crippen LogP contribution in [0.2, 0.25) is 0 Å². The molecule has 0 spiro atoms. The van der Waals surface area contributed by atoms with Crippen LogP contribution >= 0.6 is 0 Å². The van der Waals surface area contributed by atoms with E-state index in [1.807, 2.05) is 10.6 Å². The molecular weight excluding hydrogens is 228 g/mol. The van der Waals surface area contributed by atoms with E-state index in [0.717, 1.165) is 24.4 Å². The summed E-state index contributed by atoms with van der Waals surface area (Å²) >= 11 is 0. The zero-order valence-corrected chi connectivity index (χ0v) is 10.6. The van der Waals surface area contributed by atoms with Gasteiger partial charge in [-0.2, -0.15) is 5.10 Å². The lowest BCUT2D eigenvalue weighted by atomic mass is 10.1. The van der Waals surface area contributed by atoms with Crippen molar-refractivity contribution in [1.82, 2.24) is 19.5 Å². The van der Waals surface area contributed by atoms with Crippen LogP contribution < -0.4 is 5.43 Å². The van der Waals surface area contributed by atoms with Gasteiger partial charge in [-0.05, 0) is 25.9 Å². The number of nitrogens with one attached hydrogen (secondary N) is 1. The predicted octanol–water partition coefficient (Wildman–Crippen LogP) is 1.05. The van der Waals surface area contributed by atoms with Crippen molar-refractivity contribution in [3.05, 3.63) is 34.4 Å². The lowest BCUT2D eigenvalue weighted by Gasteiger charge is -2.21. The minimum atomic E-state index is 0.0150. The lowest BCUT2D eigenvalue weighted by molar-refractivity contribution is 0.263. The van der Waals surface area contributed by atoms with Gasteiger partial charge in [0, 0.05) is 30.8 Å². The van der Waals surface area contributed by atoms with E-state index in [-0.39, 0.29) is 5.43 Å². The van der Waals surface area contributed by atoms with Crippen molar-refractivity contribution in [3.63, 3.8) is 0 Å². The summed E-state index contributed by atoms with van der Waals surface area (Å²) in [5.74, 6) is 1.01. The van der Waals surface area contributed by atoms with Gasteiger partial charge in [-0.1, -0.05) is 6.92 Å². The molecule has 0 saturated carbocycles. The first-order chi connectivity index (χ1) is 8.78. The molecule has 2 aromatic rings. The van der Waals surface area contributed by atoms with Gasteiger partial charge in [-0.15, -0.1) is 0 Å². The number of rotatable bonds is 3. The Bertz CT molecular complexity index is 600. The number of hydrogen-bond donors (Lipinski definition) is 1. The Balaban J connectivity index is 1.88. The zero-order valence-electron chi connectivity index (χ0n) is 10.6. The number of fused-ring (bicyclic) bond motifs is 1. The van der Waals surface area contributed by atoms with Crippen molar-refractivity contribution < 1.29 is 0 Å². The quantitative estimate of drug-likeness (QED) is 0.880. The summed E-state index contributed by atoms with van der Waals surface area (Å²) in [4.78, 5) is 13.8. The Morgan fingerprint density at radius 1 is 1.56 bits per heavy atom. The molecule has 96 valence electrons. The standard InChI is InChI=1S/C13H18N4O/c1-2-16-6-3-4-10(16)8-12-14-15-13-9-11(18)5-7-17(12)13/h5,7,9-10,15H,2-4,6,8H2,1H3. The monoisotopic (exact) mass is 246 g/mol.